The highest BCUT2D eigenvalue weighted by molar-refractivity contribution is 5.74. The molecule has 120 valence electrons. The minimum atomic E-state index is -0.807. The second kappa shape index (κ2) is 6.20. The van der Waals surface area contributed by atoms with E-state index in [2.05, 4.69) is 0 Å². The number of carboxylic acid groups (broad SMARTS) is 1. The predicted molar refractivity (Wildman–Crippen MR) is 85.2 cm³/mol. The van der Waals surface area contributed by atoms with E-state index in [0.717, 1.165) is 28.2 Å². The van der Waals surface area contributed by atoms with Crippen LogP contribution in [0.2, 0.25) is 0 Å². The Labute approximate surface area is 134 Å². The number of carboxylic acids is 1. The number of benzene rings is 2. The summed E-state index contributed by atoms with van der Waals surface area (Å²) in [5, 5.41) is 8.98. The first-order valence-electron chi connectivity index (χ1n) is 7.38. The van der Waals surface area contributed by atoms with E-state index >= 15 is 0 Å². The fraction of sp³-hybridized carbons (Fsp3) is 0.278. The quantitative estimate of drug-likeness (QED) is 0.912. The second-order valence-electron chi connectivity index (χ2n) is 5.53. The number of ether oxygens (including phenoxy) is 3. The first-order valence-corrected chi connectivity index (χ1v) is 7.38. The van der Waals surface area contributed by atoms with Gasteiger partial charge in [0.15, 0.2) is 11.5 Å². The molecule has 2 aromatic rings. The van der Waals surface area contributed by atoms with E-state index in [1.54, 1.807) is 7.11 Å². The van der Waals surface area contributed by atoms with Crippen LogP contribution in [-0.2, 0) is 4.79 Å². The number of aliphatic carboxylic acids is 1. The van der Waals surface area contributed by atoms with Gasteiger partial charge < -0.3 is 19.3 Å². The molecule has 1 aliphatic rings. The van der Waals surface area contributed by atoms with Crippen molar-refractivity contribution in [3.8, 4) is 28.4 Å². The molecule has 1 heterocycles. The van der Waals surface area contributed by atoms with Gasteiger partial charge in [0.05, 0.1) is 13.5 Å². The van der Waals surface area contributed by atoms with Crippen LogP contribution in [-0.4, -0.2) is 25.0 Å². The summed E-state index contributed by atoms with van der Waals surface area (Å²) >= 11 is 0. The molecule has 1 unspecified atom stereocenters. The van der Waals surface area contributed by atoms with Crippen molar-refractivity contribution in [1.82, 2.24) is 0 Å². The summed E-state index contributed by atoms with van der Waals surface area (Å²) in [7, 11) is 1.62. The summed E-state index contributed by atoms with van der Waals surface area (Å²) in [6.45, 7) is 2.13. The Morgan fingerprint density at radius 2 is 2.00 bits per heavy atom. The minimum Gasteiger partial charge on any atom is -0.496 e. The first kappa shape index (κ1) is 15.2. The largest absolute Gasteiger partial charge is 0.496 e. The van der Waals surface area contributed by atoms with Crippen LogP contribution in [0.5, 0.6) is 17.2 Å². The molecule has 23 heavy (non-hydrogen) atoms. The zero-order valence-corrected chi connectivity index (χ0v) is 13.0. The third kappa shape index (κ3) is 3.08. The molecule has 0 spiro atoms. The van der Waals surface area contributed by atoms with Gasteiger partial charge in [-0.15, -0.1) is 0 Å². The topological polar surface area (TPSA) is 65.0 Å². The fourth-order valence-electron chi connectivity index (χ4n) is 2.70. The maximum Gasteiger partial charge on any atom is 0.303 e. The number of rotatable bonds is 5. The molecule has 5 nitrogen and oxygen atoms in total. The van der Waals surface area contributed by atoms with Crippen LogP contribution < -0.4 is 14.2 Å². The van der Waals surface area contributed by atoms with Gasteiger partial charge in [-0.05, 0) is 41.3 Å². The Balaban J connectivity index is 2.01. The molecule has 1 N–H and O–H groups in total. The zero-order valence-electron chi connectivity index (χ0n) is 13.0. The molecule has 5 heteroatoms. The molecule has 1 atom stereocenters. The number of hydrogen-bond donors (Lipinski definition) is 1. The summed E-state index contributed by atoms with van der Waals surface area (Å²) in [5.41, 5.74) is 2.80. The normalized spacial score (nSPS) is 13.7. The van der Waals surface area contributed by atoms with Crippen molar-refractivity contribution in [3.63, 3.8) is 0 Å². The smallest absolute Gasteiger partial charge is 0.303 e. The van der Waals surface area contributed by atoms with Crippen molar-refractivity contribution in [3.05, 3.63) is 42.0 Å². The molecule has 0 fully saturated rings. The Morgan fingerprint density at radius 3 is 2.74 bits per heavy atom. The predicted octanol–water partition coefficient (Wildman–Crippen LogP) is 3.67. The van der Waals surface area contributed by atoms with E-state index in [4.69, 9.17) is 19.3 Å². The second-order valence-corrected chi connectivity index (χ2v) is 5.53. The maximum absolute atomic E-state index is 10.9. The Morgan fingerprint density at radius 1 is 1.22 bits per heavy atom. The standard InChI is InChI=1S/C18H18O5/c1-11(7-18(19)20)12-3-5-15(21-2)14(8-12)13-4-6-16-17(9-13)23-10-22-16/h3-6,8-9,11H,7,10H2,1-2H3,(H,19,20). The van der Waals surface area contributed by atoms with Crippen molar-refractivity contribution in [1.29, 1.82) is 0 Å². The molecule has 2 aromatic carbocycles. The van der Waals surface area contributed by atoms with Gasteiger partial charge in [-0.25, -0.2) is 0 Å². The van der Waals surface area contributed by atoms with Crippen LogP contribution in [0, 0.1) is 0 Å². The van der Waals surface area contributed by atoms with Gasteiger partial charge in [0, 0.05) is 5.56 Å². The molecule has 0 saturated carbocycles. The molecule has 1 aliphatic heterocycles. The van der Waals surface area contributed by atoms with E-state index < -0.39 is 5.97 Å². The van der Waals surface area contributed by atoms with Gasteiger partial charge >= 0.3 is 5.97 Å². The lowest BCUT2D eigenvalue weighted by molar-refractivity contribution is -0.137. The van der Waals surface area contributed by atoms with Crippen LogP contribution >= 0.6 is 0 Å². The summed E-state index contributed by atoms with van der Waals surface area (Å²) in [6, 6.07) is 11.5. The third-order valence-corrected chi connectivity index (χ3v) is 3.96. The summed E-state index contributed by atoms with van der Waals surface area (Å²) in [5.74, 6) is 1.27. The Kier molecular flexibility index (Phi) is 4.10. The molecule has 0 radical (unpaired) electrons. The van der Waals surface area contributed by atoms with Gasteiger partial charge in [0.25, 0.3) is 0 Å². The van der Waals surface area contributed by atoms with Gasteiger partial charge in [-0.1, -0.05) is 19.1 Å². The molecule has 0 amide bonds. The molecular formula is C18H18O5. The lowest BCUT2D eigenvalue weighted by Gasteiger charge is -2.15. The van der Waals surface area contributed by atoms with E-state index in [9.17, 15) is 4.79 Å². The molecule has 0 bridgehead atoms. The van der Waals surface area contributed by atoms with Crippen LogP contribution in [0.1, 0.15) is 24.8 Å². The molecule has 0 saturated heterocycles. The fourth-order valence-corrected chi connectivity index (χ4v) is 2.70. The van der Waals surface area contributed by atoms with E-state index in [0.29, 0.717) is 5.75 Å². The number of methoxy groups -OCH3 is 1. The van der Waals surface area contributed by atoms with E-state index in [1.807, 2.05) is 43.3 Å². The highest BCUT2D eigenvalue weighted by Gasteiger charge is 2.17. The molecule has 0 aromatic heterocycles. The van der Waals surface area contributed by atoms with E-state index in [-0.39, 0.29) is 19.1 Å². The molecule has 3 rings (SSSR count). The average molecular weight is 314 g/mol. The lowest BCUT2D eigenvalue weighted by atomic mass is 9.93. The summed E-state index contributed by atoms with van der Waals surface area (Å²) in [4.78, 5) is 10.9. The Bertz CT molecular complexity index is 738. The first-order chi connectivity index (χ1) is 11.1. The van der Waals surface area contributed by atoms with E-state index in [1.165, 1.54) is 0 Å². The van der Waals surface area contributed by atoms with Crippen molar-refractivity contribution in [2.45, 2.75) is 19.3 Å². The zero-order chi connectivity index (χ0) is 16.4. The van der Waals surface area contributed by atoms with Gasteiger partial charge in [0.2, 0.25) is 6.79 Å². The van der Waals surface area contributed by atoms with Crippen molar-refractivity contribution >= 4 is 5.97 Å². The minimum absolute atomic E-state index is 0.0776. The highest BCUT2D eigenvalue weighted by Crippen LogP contribution is 2.39. The van der Waals surface area contributed by atoms with Crippen molar-refractivity contribution in [2.24, 2.45) is 0 Å². The van der Waals surface area contributed by atoms with Gasteiger partial charge in [-0.3, -0.25) is 4.79 Å². The SMILES string of the molecule is COc1ccc(C(C)CC(=O)O)cc1-c1ccc2c(c1)OCO2. The molecule has 0 aliphatic carbocycles. The third-order valence-electron chi connectivity index (χ3n) is 3.96. The van der Waals surface area contributed by atoms with Crippen LogP contribution in [0.15, 0.2) is 36.4 Å². The number of hydrogen-bond acceptors (Lipinski definition) is 4. The van der Waals surface area contributed by atoms with Gasteiger partial charge in [0.1, 0.15) is 5.75 Å². The summed E-state index contributed by atoms with van der Waals surface area (Å²) in [6.07, 6.45) is 0.0902. The van der Waals surface area contributed by atoms with Crippen LogP contribution in [0.25, 0.3) is 11.1 Å². The molecular weight excluding hydrogens is 296 g/mol. The van der Waals surface area contributed by atoms with Crippen LogP contribution in [0.4, 0.5) is 0 Å². The lowest BCUT2D eigenvalue weighted by Crippen LogP contribution is -2.03. The monoisotopic (exact) mass is 314 g/mol. The summed E-state index contributed by atoms with van der Waals surface area (Å²) < 4.78 is 16.2. The van der Waals surface area contributed by atoms with Gasteiger partial charge in [-0.2, -0.15) is 0 Å². The number of carbonyl (C=O) groups is 1. The van der Waals surface area contributed by atoms with Crippen molar-refractivity contribution in [2.75, 3.05) is 13.9 Å². The van der Waals surface area contributed by atoms with Crippen LogP contribution in [0.3, 0.4) is 0 Å². The highest BCUT2D eigenvalue weighted by atomic mass is 16.7. The average Bonchev–Trinajstić information content (AvgIpc) is 3.01. The maximum atomic E-state index is 10.9. The Hall–Kier alpha value is -2.69. The van der Waals surface area contributed by atoms with Crippen molar-refractivity contribution < 1.29 is 24.1 Å². The number of fused-ring (bicyclic) bond motifs is 1.